The summed E-state index contributed by atoms with van der Waals surface area (Å²) < 4.78 is 6.87. The second-order valence-corrected chi connectivity index (χ2v) is 8.00. The number of hydrogen-bond acceptors (Lipinski definition) is 5. The van der Waals surface area contributed by atoms with Crippen molar-refractivity contribution in [3.63, 3.8) is 0 Å². The number of halogens is 1. The molecule has 0 atom stereocenters. The highest BCUT2D eigenvalue weighted by Crippen LogP contribution is 2.24. The predicted molar refractivity (Wildman–Crippen MR) is 123 cm³/mol. The zero-order valence-electron chi connectivity index (χ0n) is 17.2. The highest BCUT2D eigenvalue weighted by molar-refractivity contribution is 7.99. The quantitative estimate of drug-likeness (QED) is 0.374. The Bertz CT molecular complexity index is 1070. The molecular formula is C22H23ClN4O3S. The smallest absolute Gasteiger partial charge is 0.252 e. The molecule has 0 saturated heterocycles. The van der Waals surface area contributed by atoms with E-state index in [1.807, 2.05) is 42.0 Å². The fraction of sp³-hybridized carbons (Fsp3) is 0.227. The summed E-state index contributed by atoms with van der Waals surface area (Å²) in [5.41, 5.74) is 3.00. The van der Waals surface area contributed by atoms with Gasteiger partial charge in [0.1, 0.15) is 0 Å². The summed E-state index contributed by atoms with van der Waals surface area (Å²) in [5, 5.41) is 6.50. The van der Waals surface area contributed by atoms with Gasteiger partial charge in [-0.2, -0.15) is 0 Å². The van der Waals surface area contributed by atoms with Crippen molar-refractivity contribution < 1.29 is 14.3 Å². The average Bonchev–Trinajstić information content (AvgIpc) is 3.21. The molecule has 0 bridgehead atoms. The highest BCUT2D eigenvalue weighted by Gasteiger charge is 2.13. The van der Waals surface area contributed by atoms with Gasteiger partial charge in [-0.3, -0.25) is 14.2 Å². The Morgan fingerprint density at radius 1 is 1.23 bits per heavy atom. The number of nitrogens with one attached hydrogen (secondary N) is 2. The Kier molecular flexibility index (Phi) is 8.11. The summed E-state index contributed by atoms with van der Waals surface area (Å²) in [6.45, 7) is 2.83. The van der Waals surface area contributed by atoms with Crippen LogP contribution in [0.2, 0.25) is 5.02 Å². The van der Waals surface area contributed by atoms with Gasteiger partial charge in [0.15, 0.2) is 5.16 Å². The van der Waals surface area contributed by atoms with Gasteiger partial charge < -0.3 is 15.4 Å². The van der Waals surface area contributed by atoms with Crippen molar-refractivity contribution in [2.75, 3.05) is 31.3 Å². The lowest BCUT2D eigenvalue weighted by molar-refractivity contribution is -0.113. The Hall–Kier alpha value is -2.81. The van der Waals surface area contributed by atoms with Gasteiger partial charge in [0.25, 0.3) is 5.91 Å². The molecule has 0 unspecified atom stereocenters. The average molecular weight is 459 g/mol. The van der Waals surface area contributed by atoms with Gasteiger partial charge in [-0.1, -0.05) is 41.6 Å². The van der Waals surface area contributed by atoms with Crippen molar-refractivity contribution in [3.05, 3.63) is 71.0 Å². The number of anilines is 1. The molecule has 7 nitrogen and oxygen atoms in total. The van der Waals surface area contributed by atoms with Crippen LogP contribution in [-0.4, -0.2) is 47.4 Å². The zero-order chi connectivity index (χ0) is 22.2. The van der Waals surface area contributed by atoms with E-state index in [9.17, 15) is 9.59 Å². The van der Waals surface area contributed by atoms with Gasteiger partial charge in [-0.05, 0) is 36.8 Å². The lowest BCUT2D eigenvalue weighted by atomic mass is 10.2. The molecule has 31 heavy (non-hydrogen) atoms. The number of rotatable bonds is 9. The first-order valence-electron chi connectivity index (χ1n) is 9.58. The van der Waals surface area contributed by atoms with Gasteiger partial charge >= 0.3 is 0 Å². The van der Waals surface area contributed by atoms with Crippen molar-refractivity contribution in [1.82, 2.24) is 14.9 Å². The predicted octanol–water partition coefficient (Wildman–Crippen LogP) is 3.94. The molecule has 2 N–H and O–H groups in total. The molecule has 162 valence electrons. The van der Waals surface area contributed by atoms with Crippen molar-refractivity contribution in [3.8, 4) is 5.69 Å². The normalized spacial score (nSPS) is 10.7. The maximum absolute atomic E-state index is 12.4. The first kappa shape index (κ1) is 22.9. The van der Waals surface area contributed by atoms with E-state index in [1.165, 1.54) is 11.8 Å². The number of ether oxygens (including phenoxy) is 1. The Balaban J connectivity index is 1.59. The minimum atomic E-state index is -0.293. The molecular weight excluding hydrogens is 436 g/mol. The van der Waals surface area contributed by atoms with Crippen molar-refractivity contribution in [2.24, 2.45) is 0 Å². The van der Waals surface area contributed by atoms with E-state index in [-0.39, 0.29) is 22.6 Å². The van der Waals surface area contributed by atoms with Crippen LogP contribution in [0.5, 0.6) is 0 Å². The highest BCUT2D eigenvalue weighted by atomic mass is 35.5. The van der Waals surface area contributed by atoms with Crippen LogP contribution in [0.4, 0.5) is 5.69 Å². The number of aryl methyl sites for hydroxylation is 1. The van der Waals surface area contributed by atoms with Crippen LogP contribution in [0.25, 0.3) is 5.69 Å². The number of hydrogen-bond donors (Lipinski definition) is 2. The number of thioether (sulfide) groups is 1. The van der Waals surface area contributed by atoms with E-state index in [0.717, 1.165) is 16.4 Å². The fourth-order valence-electron chi connectivity index (χ4n) is 2.88. The summed E-state index contributed by atoms with van der Waals surface area (Å²) in [7, 11) is 1.56. The van der Waals surface area contributed by atoms with Crippen LogP contribution in [-0.2, 0) is 9.53 Å². The molecule has 0 radical (unpaired) electrons. The third kappa shape index (κ3) is 6.10. The van der Waals surface area contributed by atoms with Crippen LogP contribution in [0.3, 0.4) is 0 Å². The van der Waals surface area contributed by atoms with Crippen LogP contribution in [0.1, 0.15) is 15.9 Å². The second-order valence-electron chi connectivity index (χ2n) is 6.65. The monoisotopic (exact) mass is 458 g/mol. The number of aromatic nitrogens is 2. The molecule has 9 heteroatoms. The van der Waals surface area contributed by atoms with Gasteiger partial charge in [-0.15, -0.1) is 0 Å². The topological polar surface area (TPSA) is 85.2 Å². The van der Waals surface area contributed by atoms with Crippen LogP contribution >= 0.6 is 23.4 Å². The van der Waals surface area contributed by atoms with Gasteiger partial charge in [-0.25, -0.2) is 4.98 Å². The Labute approximate surface area is 190 Å². The molecule has 0 aliphatic rings. The SMILES string of the molecule is COCCNC(=O)c1ccc(NC(=O)CSc2nccn2-c2ccccc2C)cc1Cl. The number of carbonyl (C=O) groups excluding carboxylic acids is 2. The second kappa shape index (κ2) is 11.0. The Morgan fingerprint density at radius 2 is 2.03 bits per heavy atom. The molecule has 0 saturated carbocycles. The molecule has 0 spiro atoms. The molecule has 0 fully saturated rings. The molecule has 1 aromatic heterocycles. The zero-order valence-corrected chi connectivity index (χ0v) is 18.8. The van der Waals surface area contributed by atoms with Crippen molar-refractivity contribution >= 4 is 40.9 Å². The summed E-state index contributed by atoms with van der Waals surface area (Å²) in [5.74, 6) is -0.309. The number of para-hydroxylation sites is 1. The van der Waals surface area contributed by atoms with Crippen molar-refractivity contribution in [2.45, 2.75) is 12.1 Å². The minimum Gasteiger partial charge on any atom is -0.383 e. The molecule has 0 aliphatic heterocycles. The molecule has 2 amide bonds. The maximum atomic E-state index is 12.4. The number of methoxy groups -OCH3 is 1. The van der Waals surface area contributed by atoms with Crippen LogP contribution < -0.4 is 10.6 Å². The fourth-order valence-corrected chi connectivity index (χ4v) is 3.91. The lowest BCUT2D eigenvalue weighted by Gasteiger charge is -2.11. The van der Waals surface area contributed by atoms with Crippen LogP contribution in [0, 0.1) is 6.92 Å². The van der Waals surface area contributed by atoms with Crippen molar-refractivity contribution in [1.29, 1.82) is 0 Å². The lowest BCUT2D eigenvalue weighted by Crippen LogP contribution is -2.27. The van der Waals surface area contributed by atoms with Crippen LogP contribution in [0.15, 0.2) is 60.0 Å². The molecule has 1 heterocycles. The molecule has 0 aliphatic carbocycles. The van der Waals surface area contributed by atoms with Gasteiger partial charge in [0.05, 0.1) is 28.6 Å². The Morgan fingerprint density at radius 3 is 2.77 bits per heavy atom. The number of imidazole rings is 1. The van der Waals surface area contributed by atoms with Gasteiger partial charge in [0.2, 0.25) is 5.91 Å². The first-order valence-corrected chi connectivity index (χ1v) is 10.9. The van der Waals surface area contributed by atoms with Gasteiger partial charge in [0, 0.05) is 31.7 Å². The molecule has 2 aromatic carbocycles. The van der Waals surface area contributed by atoms with E-state index >= 15 is 0 Å². The van der Waals surface area contributed by atoms with E-state index in [4.69, 9.17) is 16.3 Å². The third-order valence-electron chi connectivity index (χ3n) is 4.40. The third-order valence-corrected chi connectivity index (χ3v) is 5.68. The standard InChI is InChI=1S/C22H23ClN4O3S/c1-15-5-3-4-6-19(15)27-11-9-25-22(27)31-14-20(28)26-16-7-8-17(18(23)13-16)21(29)24-10-12-30-2/h3-9,11,13H,10,12,14H2,1-2H3,(H,24,29)(H,26,28). The number of carbonyl (C=O) groups is 2. The number of benzene rings is 2. The van der Waals surface area contributed by atoms with E-state index in [0.29, 0.717) is 24.4 Å². The summed E-state index contributed by atoms with van der Waals surface area (Å²) in [6, 6.07) is 12.8. The van der Waals surface area contributed by atoms with E-state index in [2.05, 4.69) is 15.6 Å². The van der Waals surface area contributed by atoms with E-state index < -0.39 is 0 Å². The van der Waals surface area contributed by atoms with E-state index in [1.54, 1.807) is 31.5 Å². The maximum Gasteiger partial charge on any atom is 0.252 e. The minimum absolute atomic E-state index is 0.180. The molecule has 3 aromatic rings. The summed E-state index contributed by atoms with van der Waals surface area (Å²) in [4.78, 5) is 28.9. The number of amides is 2. The largest absolute Gasteiger partial charge is 0.383 e. The first-order chi connectivity index (χ1) is 15.0. The summed E-state index contributed by atoms with van der Waals surface area (Å²) in [6.07, 6.45) is 3.58. The summed E-state index contributed by atoms with van der Waals surface area (Å²) >= 11 is 7.56. The number of nitrogens with zero attached hydrogens (tertiary/aromatic N) is 2. The molecule has 3 rings (SSSR count).